The van der Waals surface area contributed by atoms with E-state index in [0.717, 1.165) is 24.2 Å². The van der Waals surface area contributed by atoms with E-state index in [2.05, 4.69) is 17.0 Å². The van der Waals surface area contributed by atoms with Crippen LogP contribution in [0.15, 0.2) is 59.7 Å². The molecule has 8 heteroatoms. The molecule has 2 aromatic carbocycles. The molecule has 0 radical (unpaired) electrons. The number of aromatic nitrogens is 1. The zero-order chi connectivity index (χ0) is 23.6. The van der Waals surface area contributed by atoms with Crippen molar-refractivity contribution in [2.45, 2.75) is 45.3 Å². The molecule has 0 spiro atoms. The van der Waals surface area contributed by atoms with Crippen molar-refractivity contribution in [1.29, 1.82) is 0 Å². The normalized spacial score (nSPS) is 18.1. The Morgan fingerprint density at radius 2 is 1.94 bits per heavy atom. The molecular weight excluding hydrogens is 428 g/mol. The maximum Gasteiger partial charge on any atom is 0.287 e. The molecule has 0 bridgehead atoms. The number of unbranched alkanes of at least 4 members (excludes halogenated alkanes) is 1. The van der Waals surface area contributed by atoms with Gasteiger partial charge in [0, 0.05) is 23.1 Å². The van der Waals surface area contributed by atoms with Gasteiger partial charge < -0.3 is 9.84 Å². The Balaban J connectivity index is 1.74. The molecule has 0 saturated carbocycles. The predicted molar refractivity (Wildman–Crippen MR) is 122 cm³/mol. The number of nitrogens with zero attached hydrogens (tertiary/aromatic N) is 3. The van der Waals surface area contributed by atoms with Crippen LogP contribution in [0.25, 0.3) is 22.2 Å². The Bertz CT molecular complexity index is 1200. The molecule has 1 aliphatic heterocycles. The number of carbonyl (C=O) groups is 1. The summed E-state index contributed by atoms with van der Waals surface area (Å²) in [5.74, 6) is -0.0813. The zero-order valence-corrected chi connectivity index (χ0v) is 18.5. The molecule has 1 aromatic heterocycles. The van der Waals surface area contributed by atoms with Gasteiger partial charge >= 0.3 is 0 Å². The lowest BCUT2D eigenvalue weighted by Crippen LogP contribution is -2.51. The van der Waals surface area contributed by atoms with Crippen LogP contribution in [-0.4, -0.2) is 45.5 Å². The summed E-state index contributed by atoms with van der Waals surface area (Å²) in [4.78, 5) is 18.0. The SMILES string of the molecule is CCCCOc1ccc(-c2cc(C(=O)N3N=C(C)C[C@@]3(O)C(F)F)c3ccccc3n2)cc1. The number of hydrazone groups is 1. The summed E-state index contributed by atoms with van der Waals surface area (Å²) in [5.41, 5.74) is -0.522. The standard InChI is InChI=1S/C25H25F2N3O3/c1-3-4-13-33-18-11-9-17(10-12-18)22-14-20(19-7-5-6-8-21(19)28-22)23(31)30-25(32,24(26)27)15-16(2)29-30/h5-12,14,24,32H,3-4,13,15H2,1-2H3/t25-/m1/s1. The third-order valence-electron chi connectivity index (χ3n) is 5.56. The molecule has 6 nitrogen and oxygen atoms in total. The molecule has 1 N–H and O–H groups in total. The highest BCUT2D eigenvalue weighted by Crippen LogP contribution is 2.35. The smallest absolute Gasteiger partial charge is 0.287 e. The topological polar surface area (TPSA) is 75.0 Å². The van der Waals surface area contributed by atoms with E-state index in [9.17, 15) is 18.7 Å². The minimum atomic E-state index is -3.17. The highest BCUT2D eigenvalue weighted by Gasteiger charge is 2.51. The summed E-state index contributed by atoms with van der Waals surface area (Å²) < 4.78 is 33.1. The van der Waals surface area contributed by atoms with E-state index >= 15 is 0 Å². The Morgan fingerprint density at radius 3 is 2.64 bits per heavy atom. The average molecular weight is 453 g/mol. The number of halogens is 2. The molecule has 4 rings (SSSR count). The summed E-state index contributed by atoms with van der Waals surface area (Å²) >= 11 is 0. The maximum absolute atomic E-state index is 13.7. The first-order chi connectivity index (χ1) is 15.8. The number of benzene rings is 2. The molecule has 1 amide bonds. The van der Waals surface area contributed by atoms with Crippen LogP contribution in [0.2, 0.25) is 0 Å². The summed E-state index contributed by atoms with van der Waals surface area (Å²) in [6.45, 7) is 4.22. The van der Waals surface area contributed by atoms with E-state index in [4.69, 9.17) is 4.74 Å². The second-order valence-corrected chi connectivity index (χ2v) is 8.11. The van der Waals surface area contributed by atoms with Gasteiger partial charge in [0.15, 0.2) is 0 Å². The van der Waals surface area contributed by atoms with Crippen molar-refractivity contribution in [3.63, 3.8) is 0 Å². The van der Waals surface area contributed by atoms with Crippen LogP contribution in [-0.2, 0) is 0 Å². The quantitative estimate of drug-likeness (QED) is 0.496. The van der Waals surface area contributed by atoms with Crippen molar-refractivity contribution in [2.75, 3.05) is 6.61 Å². The van der Waals surface area contributed by atoms with Gasteiger partial charge in [0.1, 0.15) is 5.75 Å². The zero-order valence-electron chi connectivity index (χ0n) is 18.5. The number of aliphatic hydroxyl groups is 1. The first-order valence-corrected chi connectivity index (χ1v) is 10.9. The number of hydrogen-bond acceptors (Lipinski definition) is 5. The Labute approximate surface area is 190 Å². The van der Waals surface area contributed by atoms with Gasteiger partial charge in [0.25, 0.3) is 12.3 Å². The maximum atomic E-state index is 13.7. The highest BCUT2D eigenvalue weighted by atomic mass is 19.3. The second-order valence-electron chi connectivity index (χ2n) is 8.11. The van der Waals surface area contributed by atoms with Gasteiger partial charge in [-0.25, -0.2) is 13.8 Å². The molecule has 0 fully saturated rings. The van der Waals surface area contributed by atoms with Crippen molar-refractivity contribution in [1.82, 2.24) is 9.99 Å². The van der Waals surface area contributed by atoms with Gasteiger partial charge in [-0.1, -0.05) is 31.5 Å². The molecule has 0 aliphatic carbocycles. The van der Waals surface area contributed by atoms with Gasteiger partial charge in [0.05, 0.1) is 23.4 Å². The summed E-state index contributed by atoms with van der Waals surface area (Å²) in [6.07, 6.45) is -1.58. The van der Waals surface area contributed by atoms with Gasteiger partial charge in [-0.2, -0.15) is 10.1 Å². The van der Waals surface area contributed by atoms with Crippen LogP contribution < -0.4 is 4.74 Å². The van der Waals surface area contributed by atoms with Gasteiger partial charge in [0.2, 0.25) is 5.72 Å². The lowest BCUT2D eigenvalue weighted by atomic mass is 10.0. The molecule has 172 valence electrons. The molecule has 1 aliphatic rings. The third kappa shape index (κ3) is 4.43. The molecule has 0 saturated heterocycles. The van der Waals surface area contributed by atoms with E-state index in [1.165, 1.54) is 6.92 Å². The number of pyridine rings is 1. The number of carbonyl (C=O) groups excluding carboxylic acids is 1. The van der Waals surface area contributed by atoms with Crippen molar-refractivity contribution in [2.24, 2.45) is 5.10 Å². The van der Waals surface area contributed by atoms with Crippen molar-refractivity contribution < 1.29 is 23.4 Å². The van der Waals surface area contributed by atoms with Crippen LogP contribution in [0.3, 0.4) is 0 Å². The van der Waals surface area contributed by atoms with Crippen LogP contribution in [0.5, 0.6) is 5.75 Å². The van der Waals surface area contributed by atoms with Crippen LogP contribution >= 0.6 is 0 Å². The van der Waals surface area contributed by atoms with Crippen LogP contribution in [0.4, 0.5) is 8.78 Å². The second kappa shape index (κ2) is 9.23. The third-order valence-corrected chi connectivity index (χ3v) is 5.56. The van der Waals surface area contributed by atoms with Gasteiger partial charge in [-0.05, 0) is 49.7 Å². The molecule has 3 aromatic rings. The number of rotatable bonds is 7. The van der Waals surface area contributed by atoms with Gasteiger partial charge in [-0.15, -0.1) is 0 Å². The lowest BCUT2D eigenvalue weighted by molar-refractivity contribution is -0.164. The Morgan fingerprint density at radius 1 is 1.21 bits per heavy atom. The fraction of sp³-hybridized carbons (Fsp3) is 0.320. The van der Waals surface area contributed by atoms with Crippen LogP contribution in [0.1, 0.15) is 43.5 Å². The molecular formula is C25H25F2N3O3. The van der Waals surface area contributed by atoms with E-state index in [-0.39, 0.29) is 11.3 Å². The van der Waals surface area contributed by atoms with E-state index in [0.29, 0.717) is 28.2 Å². The van der Waals surface area contributed by atoms with Gasteiger partial charge in [-0.3, -0.25) is 4.79 Å². The monoisotopic (exact) mass is 453 g/mol. The predicted octanol–water partition coefficient (Wildman–Crippen LogP) is 5.26. The first-order valence-electron chi connectivity index (χ1n) is 10.9. The minimum Gasteiger partial charge on any atom is -0.494 e. The number of para-hydroxylation sites is 1. The lowest BCUT2D eigenvalue weighted by Gasteiger charge is -2.30. The highest BCUT2D eigenvalue weighted by molar-refractivity contribution is 6.08. The van der Waals surface area contributed by atoms with E-state index in [1.54, 1.807) is 30.3 Å². The van der Waals surface area contributed by atoms with Crippen molar-refractivity contribution in [3.05, 3.63) is 60.2 Å². The summed E-state index contributed by atoms with van der Waals surface area (Å²) in [7, 11) is 0. The van der Waals surface area contributed by atoms with Crippen molar-refractivity contribution >= 4 is 22.5 Å². The fourth-order valence-corrected chi connectivity index (χ4v) is 3.81. The number of hydrogen-bond donors (Lipinski definition) is 1. The summed E-state index contributed by atoms with van der Waals surface area (Å²) in [5, 5.41) is 15.4. The number of fused-ring (bicyclic) bond motifs is 1. The minimum absolute atomic E-state index is 0.136. The van der Waals surface area contributed by atoms with E-state index in [1.807, 2.05) is 24.3 Å². The Kier molecular flexibility index (Phi) is 6.37. The molecule has 0 unspecified atom stereocenters. The van der Waals surface area contributed by atoms with Crippen molar-refractivity contribution in [3.8, 4) is 17.0 Å². The molecule has 2 heterocycles. The number of alkyl halides is 2. The Hall–Kier alpha value is -3.39. The first kappa shape index (κ1) is 22.8. The fourth-order valence-electron chi connectivity index (χ4n) is 3.81. The van der Waals surface area contributed by atoms with Crippen LogP contribution in [0, 0.1) is 0 Å². The molecule has 33 heavy (non-hydrogen) atoms. The number of ether oxygens (including phenoxy) is 1. The average Bonchev–Trinajstić information content (AvgIpc) is 3.14. The summed E-state index contributed by atoms with van der Waals surface area (Å²) in [6, 6.07) is 15.8. The van der Waals surface area contributed by atoms with E-state index < -0.39 is 24.5 Å². The number of amides is 1. The largest absolute Gasteiger partial charge is 0.494 e. The molecule has 1 atom stereocenters.